The Kier molecular flexibility index (Phi) is 18.0. The molecule has 19 nitrogen and oxygen atoms in total. The summed E-state index contributed by atoms with van der Waals surface area (Å²) in [5.41, 5.74) is 12.3. The zero-order valence-electron chi connectivity index (χ0n) is 35.2. The quantitative estimate of drug-likeness (QED) is 0.0508. The summed E-state index contributed by atoms with van der Waals surface area (Å²) in [5, 5.41) is 25.7. The van der Waals surface area contributed by atoms with E-state index in [1.165, 1.54) is 30.0 Å². The standard InChI is InChI=1S/C43H58N10O9/c1-4-25(2)36-40(60)49-29(22-28-14-17-30(54)18-15-28)16-19-34(55)47-24-32(51-38(58)26(3)48-35(56)23-27-10-6-5-7-11-27)42(62)53-21-9-13-33(53)39(59)50-31(37(57)41(61)52-36)12-8-20-46-43(44)45/h5-7,10-11,14-19,25-26,29,31-33,36,54H,4,8-9,12-13,20-24H2,1-3H3,(H,47,55)(H,48,56)(H,49,60)(H,50,59)(H,51,58)(H,52,61)(H4,44,45,46)/t25-,26-,29+,31-,32-,33-,36-/m0/s1. The summed E-state index contributed by atoms with van der Waals surface area (Å²) in [6.45, 7) is 4.69. The topological polar surface area (TPSA) is 297 Å². The number of benzene rings is 2. The molecule has 11 N–H and O–H groups in total. The molecule has 2 aliphatic heterocycles. The van der Waals surface area contributed by atoms with Crippen molar-refractivity contribution in [2.24, 2.45) is 22.4 Å². The van der Waals surface area contributed by atoms with Gasteiger partial charge in [-0.2, -0.15) is 0 Å². The van der Waals surface area contributed by atoms with Gasteiger partial charge in [-0.15, -0.1) is 0 Å². The van der Waals surface area contributed by atoms with Crippen molar-refractivity contribution in [3.8, 4) is 5.75 Å². The number of carbonyl (C=O) groups is 8. The number of fused-ring (bicyclic) bond motifs is 1. The number of rotatable bonds is 13. The lowest BCUT2D eigenvalue weighted by molar-refractivity contribution is -0.144. The number of phenols is 1. The fraction of sp³-hybridized carbons (Fsp3) is 0.465. The molecule has 7 amide bonds. The monoisotopic (exact) mass is 858 g/mol. The molecule has 0 radical (unpaired) electrons. The lowest BCUT2D eigenvalue weighted by atomic mass is 9.96. The van der Waals surface area contributed by atoms with Crippen LogP contribution >= 0.6 is 0 Å². The summed E-state index contributed by atoms with van der Waals surface area (Å²) < 4.78 is 0. The first-order chi connectivity index (χ1) is 29.6. The van der Waals surface area contributed by atoms with Gasteiger partial charge >= 0.3 is 0 Å². The second kappa shape index (κ2) is 23.3. The Morgan fingerprint density at radius 1 is 0.935 bits per heavy atom. The van der Waals surface area contributed by atoms with Gasteiger partial charge in [-0.3, -0.25) is 43.3 Å². The lowest BCUT2D eigenvalue weighted by Gasteiger charge is -2.30. The minimum atomic E-state index is -1.42. The largest absolute Gasteiger partial charge is 0.508 e. The number of nitrogens with two attached hydrogens (primary N) is 2. The minimum Gasteiger partial charge on any atom is -0.508 e. The van der Waals surface area contributed by atoms with Crippen molar-refractivity contribution in [1.82, 2.24) is 36.8 Å². The third-order valence-electron chi connectivity index (χ3n) is 10.7. The molecule has 7 atom stereocenters. The number of aliphatic imine (C=N–C) groups is 1. The molecule has 4 rings (SSSR count). The van der Waals surface area contributed by atoms with Crippen LogP contribution in [0.15, 0.2) is 71.7 Å². The van der Waals surface area contributed by atoms with Crippen LogP contribution < -0.4 is 43.4 Å². The predicted octanol–water partition coefficient (Wildman–Crippen LogP) is -1.03. The van der Waals surface area contributed by atoms with Gasteiger partial charge in [0.1, 0.15) is 29.9 Å². The second-order valence-electron chi connectivity index (χ2n) is 15.5. The number of aromatic hydroxyl groups is 1. The molecular formula is C43H58N10O9. The summed E-state index contributed by atoms with van der Waals surface area (Å²) in [6.07, 6.45) is 3.78. The first-order valence-corrected chi connectivity index (χ1v) is 20.7. The molecule has 0 spiro atoms. The molecule has 0 unspecified atom stereocenters. The van der Waals surface area contributed by atoms with Gasteiger partial charge in [-0.25, -0.2) is 0 Å². The first kappa shape index (κ1) is 47.9. The maximum absolute atomic E-state index is 14.3. The van der Waals surface area contributed by atoms with Crippen LogP contribution in [-0.2, 0) is 51.2 Å². The zero-order valence-corrected chi connectivity index (χ0v) is 35.2. The number of hydrogen-bond acceptors (Lipinski definition) is 10. The summed E-state index contributed by atoms with van der Waals surface area (Å²) in [6, 6.07) is 7.95. The van der Waals surface area contributed by atoms with Crippen LogP contribution in [0.25, 0.3) is 0 Å². The van der Waals surface area contributed by atoms with E-state index in [1.807, 2.05) is 0 Å². The van der Waals surface area contributed by atoms with Gasteiger partial charge < -0.3 is 53.4 Å². The molecule has 2 aromatic rings. The molecule has 1 fully saturated rings. The van der Waals surface area contributed by atoms with E-state index in [0.29, 0.717) is 18.4 Å². The third-order valence-corrected chi connectivity index (χ3v) is 10.7. The molecule has 0 saturated carbocycles. The molecule has 0 aliphatic carbocycles. The number of amides is 7. The Morgan fingerprint density at radius 3 is 2.32 bits per heavy atom. The van der Waals surface area contributed by atoms with E-state index in [0.717, 1.165) is 11.6 Å². The van der Waals surface area contributed by atoms with E-state index < -0.39 is 95.8 Å². The van der Waals surface area contributed by atoms with Gasteiger partial charge in [0.25, 0.3) is 5.91 Å². The molecule has 62 heavy (non-hydrogen) atoms. The molecule has 2 aromatic carbocycles. The Balaban J connectivity index is 1.68. The van der Waals surface area contributed by atoms with Gasteiger partial charge in [-0.05, 0) is 68.2 Å². The van der Waals surface area contributed by atoms with Crippen molar-refractivity contribution in [3.05, 3.63) is 77.9 Å². The number of Topliss-reactive ketones (excluding diaryl/α,β-unsaturated/α-hetero) is 1. The maximum Gasteiger partial charge on any atom is 0.290 e. The molecule has 2 aliphatic rings. The smallest absolute Gasteiger partial charge is 0.290 e. The van der Waals surface area contributed by atoms with Gasteiger partial charge in [0.15, 0.2) is 5.96 Å². The number of hydrogen-bond donors (Lipinski definition) is 9. The Hall–Kier alpha value is -6.79. The highest BCUT2D eigenvalue weighted by atomic mass is 16.3. The summed E-state index contributed by atoms with van der Waals surface area (Å²) in [4.78, 5) is 115. The third kappa shape index (κ3) is 14.4. The molecule has 0 bridgehead atoms. The van der Waals surface area contributed by atoms with Gasteiger partial charge in [-0.1, -0.05) is 68.8 Å². The number of phenolic OH excluding ortho intramolecular Hbond substituents is 1. The van der Waals surface area contributed by atoms with Gasteiger partial charge in [0.2, 0.25) is 41.2 Å². The molecule has 19 heteroatoms. The lowest BCUT2D eigenvalue weighted by Crippen LogP contribution is -2.60. The molecule has 1 saturated heterocycles. The van der Waals surface area contributed by atoms with Crippen LogP contribution in [0.4, 0.5) is 0 Å². The van der Waals surface area contributed by atoms with Crippen LogP contribution in [0.3, 0.4) is 0 Å². The van der Waals surface area contributed by atoms with Crippen molar-refractivity contribution < 1.29 is 43.5 Å². The highest BCUT2D eigenvalue weighted by Crippen LogP contribution is 2.20. The van der Waals surface area contributed by atoms with Crippen molar-refractivity contribution >= 4 is 53.1 Å². The van der Waals surface area contributed by atoms with E-state index in [9.17, 15) is 43.5 Å². The van der Waals surface area contributed by atoms with E-state index in [4.69, 9.17) is 11.5 Å². The van der Waals surface area contributed by atoms with Crippen LogP contribution in [0.5, 0.6) is 5.75 Å². The minimum absolute atomic E-state index is 0.000294. The molecular weight excluding hydrogens is 801 g/mol. The van der Waals surface area contributed by atoms with Crippen LogP contribution in [0.1, 0.15) is 64.0 Å². The van der Waals surface area contributed by atoms with Crippen molar-refractivity contribution in [1.29, 1.82) is 0 Å². The Bertz CT molecular complexity index is 1990. The molecule has 334 valence electrons. The summed E-state index contributed by atoms with van der Waals surface area (Å²) in [7, 11) is 0. The SMILES string of the molecule is CC[C@H](C)[C@@H]1NC(=O)C(=O)[C@H](CCCN=C(N)N)NC(=O)[C@@H]2CCCN2C(=O)[C@@H](NC(=O)[C@H](C)NC(=O)Cc2ccccc2)CNC(=O)C=C[C@H](Cc2ccc(O)cc2)NC1=O. The number of guanidine groups is 1. The van der Waals surface area contributed by atoms with E-state index in [2.05, 4.69) is 36.9 Å². The van der Waals surface area contributed by atoms with Crippen LogP contribution in [-0.4, -0.2) is 119 Å². The van der Waals surface area contributed by atoms with Gasteiger partial charge in [0.05, 0.1) is 18.5 Å². The molecule has 0 aromatic heterocycles. The average molecular weight is 859 g/mol. The highest BCUT2D eigenvalue weighted by molar-refractivity contribution is 6.38. The van der Waals surface area contributed by atoms with Crippen LogP contribution in [0.2, 0.25) is 0 Å². The van der Waals surface area contributed by atoms with Crippen molar-refractivity contribution in [2.75, 3.05) is 19.6 Å². The van der Waals surface area contributed by atoms with Crippen LogP contribution in [0, 0.1) is 5.92 Å². The number of nitrogens with zero attached hydrogens (tertiary/aromatic N) is 2. The highest BCUT2D eigenvalue weighted by Gasteiger charge is 2.40. The summed E-state index contributed by atoms with van der Waals surface area (Å²) >= 11 is 0. The molecule has 2 heterocycles. The number of ketones is 1. The Labute approximate surface area is 360 Å². The fourth-order valence-electron chi connectivity index (χ4n) is 7.04. The zero-order chi connectivity index (χ0) is 45.3. The fourth-order valence-corrected chi connectivity index (χ4v) is 7.04. The number of nitrogens with one attached hydrogen (secondary N) is 6. The second-order valence-corrected chi connectivity index (χ2v) is 15.5. The normalized spacial score (nSPS) is 22.6. The predicted molar refractivity (Wildman–Crippen MR) is 229 cm³/mol. The average Bonchev–Trinajstić information content (AvgIpc) is 3.74. The summed E-state index contributed by atoms with van der Waals surface area (Å²) in [5.74, 6) is -6.81. The first-order valence-electron chi connectivity index (χ1n) is 20.7. The van der Waals surface area contributed by atoms with E-state index in [-0.39, 0.29) is 56.9 Å². The number of carbonyl (C=O) groups excluding carboxylic acids is 8. The van der Waals surface area contributed by atoms with E-state index in [1.54, 1.807) is 56.3 Å². The van der Waals surface area contributed by atoms with Crippen molar-refractivity contribution in [2.45, 2.75) is 102 Å². The van der Waals surface area contributed by atoms with Gasteiger partial charge in [0, 0.05) is 25.7 Å². The maximum atomic E-state index is 14.3. The van der Waals surface area contributed by atoms with E-state index >= 15 is 0 Å². The Morgan fingerprint density at radius 2 is 1.65 bits per heavy atom. The van der Waals surface area contributed by atoms with Crippen molar-refractivity contribution in [3.63, 3.8) is 0 Å².